The number of hydrogen-bond donors (Lipinski definition) is 2. The van der Waals surface area contributed by atoms with Crippen LogP contribution in [0.15, 0.2) is 36.7 Å². The summed E-state index contributed by atoms with van der Waals surface area (Å²) in [6.07, 6.45) is 15.4. The molecule has 1 aliphatic carbocycles. The topological polar surface area (TPSA) is 66.2 Å². The van der Waals surface area contributed by atoms with Gasteiger partial charge in [-0.1, -0.05) is 50.5 Å². The highest BCUT2D eigenvalue weighted by Crippen LogP contribution is 2.37. The van der Waals surface area contributed by atoms with Crippen molar-refractivity contribution in [1.82, 2.24) is 19.4 Å². The van der Waals surface area contributed by atoms with Crippen LogP contribution >= 0.6 is 0 Å². The number of hydrogen-bond acceptors (Lipinski definition) is 5. The van der Waals surface area contributed by atoms with Crippen molar-refractivity contribution in [3.05, 3.63) is 42.2 Å². The third kappa shape index (κ3) is 5.92. The van der Waals surface area contributed by atoms with Crippen molar-refractivity contribution in [3.8, 4) is 11.1 Å². The van der Waals surface area contributed by atoms with E-state index in [2.05, 4.69) is 59.1 Å². The molecule has 2 fully saturated rings. The molecule has 1 saturated carbocycles. The molecule has 6 heteroatoms. The third-order valence-electron chi connectivity index (χ3n) is 8.10. The quantitative estimate of drug-likeness (QED) is 0.375. The molecule has 2 aliphatic rings. The molecule has 0 radical (unpaired) electrons. The molecule has 2 aromatic heterocycles. The third-order valence-corrected chi connectivity index (χ3v) is 8.10. The normalized spacial score (nSPS) is 22.4. The Kier molecular flexibility index (Phi) is 8.22. The van der Waals surface area contributed by atoms with E-state index in [1.807, 2.05) is 6.20 Å². The molecule has 1 aliphatic heterocycles. The predicted molar refractivity (Wildman–Crippen MR) is 148 cm³/mol. The van der Waals surface area contributed by atoms with Gasteiger partial charge in [0.1, 0.15) is 5.65 Å². The Morgan fingerprint density at radius 1 is 1.03 bits per heavy atom. The molecule has 0 bridgehead atoms. The maximum absolute atomic E-state index is 10.1. The van der Waals surface area contributed by atoms with Gasteiger partial charge in [-0.05, 0) is 76.1 Å². The number of aromatic nitrogens is 3. The van der Waals surface area contributed by atoms with Gasteiger partial charge in [-0.15, -0.1) is 0 Å². The fourth-order valence-electron chi connectivity index (χ4n) is 6.01. The number of nitrogens with zero attached hydrogens (tertiary/aromatic N) is 4. The molecule has 5 rings (SSSR count). The van der Waals surface area contributed by atoms with Crippen LogP contribution in [0.2, 0.25) is 0 Å². The number of rotatable bonds is 8. The summed E-state index contributed by atoms with van der Waals surface area (Å²) in [6.45, 7) is 7.87. The SMILES string of the molecule is CCC[C@H](C)Nc1ncc2c(-c3ccc(CN4CCCCCC4)cc3)cn([C@H]3CC[C@H](O)CC3)c2n1. The Morgan fingerprint density at radius 3 is 2.44 bits per heavy atom. The maximum Gasteiger partial charge on any atom is 0.224 e. The molecule has 0 amide bonds. The van der Waals surface area contributed by atoms with E-state index < -0.39 is 0 Å². The Labute approximate surface area is 216 Å². The largest absolute Gasteiger partial charge is 0.393 e. The van der Waals surface area contributed by atoms with E-state index in [1.165, 1.54) is 55.5 Å². The van der Waals surface area contributed by atoms with E-state index >= 15 is 0 Å². The molecule has 2 N–H and O–H groups in total. The van der Waals surface area contributed by atoms with Gasteiger partial charge in [0, 0.05) is 42.0 Å². The van der Waals surface area contributed by atoms with Gasteiger partial charge in [0.05, 0.1) is 6.10 Å². The minimum atomic E-state index is -0.166. The highest BCUT2D eigenvalue weighted by Gasteiger charge is 2.24. The zero-order valence-electron chi connectivity index (χ0n) is 22.1. The smallest absolute Gasteiger partial charge is 0.224 e. The summed E-state index contributed by atoms with van der Waals surface area (Å²) in [5.74, 6) is 0.706. The van der Waals surface area contributed by atoms with Crippen LogP contribution in [0.4, 0.5) is 5.95 Å². The Morgan fingerprint density at radius 2 is 1.75 bits per heavy atom. The molecule has 36 heavy (non-hydrogen) atoms. The van der Waals surface area contributed by atoms with Crippen LogP contribution in [-0.2, 0) is 6.54 Å². The van der Waals surface area contributed by atoms with E-state index in [4.69, 9.17) is 9.97 Å². The number of fused-ring (bicyclic) bond motifs is 1. The Bertz CT molecular complexity index is 1110. The van der Waals surface area contributed by atoms with Crippen molar-refractivity contribution < 1.29 is 5.11 Å². The van der Waals surface area contributed by atoms with Gasteiger partial charge in [-0.2, -0.15) is 4.98 Å². The van der Waals surface area contributed by atoms with Crippen LogP contribution < -0.4 is 5.32 Å². The van der Waals surface area contributed by atoms with Crippen molar-refractivity contribution in [2.45, 2.75) is 103 Å². The van der Waals surface area contributed by atoms with Gasteiger partial charge in [0.2, 0.25) is 5.95 Å². The van der Waals surface area contributed by atoms with Crippen molar-refractivity contribution in [1.29, 1.82) is 0 Å². The lowest BCUT2D eigenvalue weighted by Crippen LogP contribution is -2.23. The Balaban J connectivity index is 1.43. The molecule has 3 aromatic rings. The average Bonchev–Trinajstić information content (AvgIpc) is 3.06. The predicted octanol–water partition coefficient (Wildman–Crippen LogP) is 6.55. The number of anilines is 1. The highest BCUT2D eigenvalue weighted by atomic mass is 16.3. The van der Waals surface area contributed by atoms with Crippen LogP contribution in [0.3, 0.4) is 0 Å². The van der Waals surface area contributed by atoms with E-state index in [9.17, 15) is 5.11 Å². The van der Waals surface area contributed by atoms with Crippen molar-refractivity contribution in [2.75, 3.05) is 18.4 Å². The monoisotopic (exact) mass is 489 g/mol. The van der Waals surface area contributed by atoms with Gasteiger partial charge in [0.15, 0.2) is 0 Å². The fourth-order valence-corrected chi connectivity index (χ4v) is 6.01. The van der Waals surface area contributed by atoms with Crippen LogP contribution in [0.1, 0.15) is 89.7 Å². The van der Waals surface area contributed by atoms with Gasteiger partial charge in [0.25, 0.3) is 0 Å². The zero-order chi connectivity index (χ0) is 24.9. The fraction of sp³-hybridized carbons (Fsp3) is 0.600. The number of benzene rings is 1. The molecular formula is C30H43N5O. The van der Waals surface area contributed by atoms with E-state index in [0.717, 1.165) is 56.1 Å². The summed E-state index contributed by atoms with van der Waals surface area (Å²) in [6, 6.07) is 9.84. The number of nitrogens with one attached hydrogen (secondary N) is 1. The maximum atomic E-state index is 10.1. The van der Waals surface area contributed by atoms with Gasteiger partial charge in [-0.25, -0.2) is 4.98 Å². The lowest BCUT2D eigenvalue weighted by Gasteiger charge is -2.27. The van der Waals surface area contributed by atoms with E-state index in [1.54, 1.807) is 0 Å². The van der Waals surface area contributed by atoms with Crippen LogP contribution in [0.5, 0.6) is 0 Å². The van der Waals surface area contributed by atoms with Gasteiger partial charge in [-0.3, -0.25) is 4.90 Å². The molecule has 1 atom stereocenters. The molecule has 6 nitrogen and oxygen atoms in total. The lowest BCUT2D eigenvalue weighted by molar-refractivity contribution is 0.111. The number of likely N-dealkylation sites (tertiary alicyclic amines) is 1. The average molecular weight is 490 g/mol. The molecule has 1 aromatic carbocycles. The second-order valence-corrected chi connectivity index (χ2v) is 11.1. The van der Waals surface area contributed by atoms with Crippen LogP contribution in [-0.4, -0.2) is 49.8 Å². The summed E-state index contributed by atoms with van der Waals surface area (Å²) in [5.41, 5.74) is 4.81. The summed E-state index contributed by atoms with van der Waals surface area (Å²) in [5, 5.41) is 14.7. The van der Waals surface area contributed by atoms with E-state index in [-0.39, 0.29) is 6.10 Å². The molecule has 3 heterocycles. The highest BCUT2D eigenvalue weighted by molar-refractivity contribution is 5.94. The van der Waals surface area contributed by atoms with E-state index in [0.29, 0.717) is 18.0 Å². The first kappa shape index (κ1) is 25.2. The molecule has 194 valence electrons. The minimum Gasteiger partial charge on any atom is -0.393 e. The molecule has 1 saturated heterocycles. The summed E-state index contributed by atoms with van der Waals surface area (Å²) in [4.78, 5) is 12.3. The van der Waals surface area contributed by atoms with Crippen LogP contribution in [0, 0.1) is 0 Å². The minimum absolute atomic E-state index is 0.166. The summed E-state index contributed by atoms with van der Waals surface area (Å²) in [7, 11) is 0. The number of aliphatic hydroxyl groups excluding tert-OH is 1. The van der Waals surface area contributed by atoms with Gasteiger partial charge < -0.3 is 15.0 Å². The van der Waals surface area contributed by atoms with Crippen molar-refractivity contribution in [2.24, 2.45) is 0 Å². The number of aliphatic hydroxyl groups is 1. The lowest BCUT2D eigenvalue weighted by atomic mass is 9.93. The van der Waals surface area contributed by atoms with Crippen LogP contribution in [0.25, 0.3) is 22.2 Å². The summed E-state index contributed by atoms with van der Waals surface area (Å²) < 4.78 is 2.36. The zero-order valence-corrected chi connectivity index (χ0v) is 22.1. The molecular weight excluding hydrogens is 446 g/mol. The first-order valence-corrected chi connectivity index (χ1v) is 14.2. The first-order chi connectivity index (χ1) is 17.6. The Hall–Kier alpha value is -2.44. The van der Waals surface area contributed by atoms with Crippen molar-refractivity contribution in [3.63, 3.8) is 0 Å². The molecule has 0 spiro atoms. The standard InChI is InChI=1S/C30H43N5O/c1-3-8-22(2)32-30-31-19-27-28(21-35(29(27)33-30)25-13-15-26(36)16-14-25)24-11-9-23(10-12-24)20-34-17-6-4-5-7-18-34/h9-12,19,21-22,25-26,36H,3-8,13-18,20H2,1-2H3,(H,31,32,33)/t22-,25-,26-/m0/s1. The van der Waals surface area contributed by atoms with Gasteiger partial charge >= 0.3 is 0 Å². The summed E-state index contributed by atoms with van der Waals surface area (Å²) >= 11 is 0. The first-order valence-electron chi connectivity index (χ1n) is 14.2. The molecule has 0 unspecified atom stereocenters. The van der Waals surface area contributed by atoms with Crippen molar-refractivity contribution >= 4 is 17.0 Å². The second-order valence-electron chi connectivity index (χ2n) is 11.1. The second kappa shape index (κ2) is 11.7.